The van der Waals surface area contributed by atoms with Gasteiger partial charge in [0.2, 0.25) is 0 Å². The molecule has 0 atom stereocenters. The van der Waals surface area contributed by atoms with Crippen molar-refractivity contribution in [2.75, 3.05) is 6.54 Å². The summed E-state index contributed by atoms with van der Waals surface area (Å²) in [5.74, 6) is 0. The monoisotopic (exact) mass is 225 g/mol. The molecule has 0 bridgehead atoms. The Balaban J connectivity index is 1.90. The highest BCUT2D eigenvalue weighted by molar-refractivity contribution is 8.12. The number of hydrogen-bond donors (Lipinski definition) is 1. The van der Waals surface area contributed by atoms with Crippen molar-refractivity contribution in [3.05, 3.63) is 23.5 Å². The molecule has 2 aliphatic heterocycles. The molecule has 2 aliphatic rings. The van der Waals surface area contributed by atoms with Crippen LogP contribution in [0.2, 0.25) is 0 Å². The number of hydrogen-bond acceptors (Lipinski definition) is 7. The third-order valence-electron chi connectivity index (χ3n) is 1.46. The topological polar surface area (TPSA) is 54.7 Å². The third kappa shape index (κ3) is 2.23. The summed E-state index contributed by atoms with van der Waals surface area (Å²) in [5, 5.41) is 10.6. The molecule has 0 radical (unpaired) electrons. The summed E-state index contributed by atoms with van der Waals surface area (Å²) in [5.41, 5.74) is 3.45. The molecular formula is C7H7N5S2. The molecule has 0 spiro atoms. The van der Waals surface area contributed by atoms with Gasteiger partial charge in [0.1, 0.15) is 6.07 Å². The van der Waals surface area contributed by atoms with Gasteiger partial charge in [-0.3, -0.25) is 4.31 Å². The van der Waals surface area contributed by atoms with Crippen LogP contribution < -0.4 is 5.43 Å². The first-order valence-corrected chi connectivity index (χ1v) is 5.42. The number of hydrazine groups is 1. The molecule has 0 aromatic carbocycles. The highest BCUT2D eigenvalue weighted by Gasteiger charge is 2.14. The fourth-order valence-electron chi connectivity index (χ4n) is 0.902. The molecule has 0 amide bonds. The number of nitrogens with zero attached hydrogens (tertiary/aromatic N) is 4. The molecule has 2 heterocycles. The average molecular weight is 225 g/mol. The van der Waals surface area contributed by atoms with Crippen LogP contribution in [0.1, 0.15) is 0 Å². The molecule has 0 unspecified atom stereocenters. The number of rotatable bonds is 2. The molecule has 0 aromatic heterocycles. The zero-order chi connectivity index (χ0) is 9.80. The number of allylic oxidation sites excluding steroid dienone is 1. The SMILES string of the molecule is N#CC1=CN(SN2NC=CS2)CC=N1. The van der Waals surface area contributed by atoms with E-state index in [0.717, 1.165) is 0 Å². The van der Waals surface area contributed by atoms with E-state index in [4.69, 9.17) is 5.26 Å². The minimum absolute atomic E-state index is 0.431. The molecule has 0 saturated carbocycles. The Morgan fingerprint density at radius 3 is 3.36 bits per heavy atom. The summed E-state index contributed by atoms with van der Waals surface area (Å²) in [6.45, 7) is 0.703. The van der Waals surface area contributed by atoms with Gasteiger partial charge in [0.05, 0.1) is 18.7 Å². The lowest BCUT2D eigenvalue weighted by Gasteiger charge is -2.23. The maximum absolute atomic E-state index is 8.65. The zero-order valence-corrected chi connectivity index (χ0v) is 8.75. The fraction of sp³-hybridized carbons (Fsp3) is 0.143. The molecule has 2 rings (SSSR count). The Morgan fingerprint density at radius 1 is 1.71 bits per heavy atom. The van der Waals surface area contributed by atoms with Crippen LogP contribution in [0.5, 0.6) is 0 Å². The predicted octanol–water partition coefficient (Wildman–Crippen LogP) is 1.24. The minimum Gasteiger partial charge on any atom is -0.305 e. The van der Waals surface area contributed by atoms with Gasteiger partial charge >= 0.3 is 0 Å². The summed E-state index contributed by atoms with van der Waals surface area (Å²) >= 11 is 3.04. The second kappa shape index (κ2) is 4.41. The van der Waals surface area contributed by atoms with Crippen molar-refractivity contribution in [1.29, 1.82) is 5.26 Å². The molecule has 0 aliphatic carbocycles. The normalized spacial score (nSPS) is 20.5. The number of aliphatic imine (C=N–C) groups is 1. The lowest BCUT2D eigenvalue weighted by atomic mass is 10.5. The van der Waals surface area contributed by atoms with Crippen LogP contribution in [-0.4, -0.2) is 20.9 Å². The van der Waals surface area contributed by atoms with Crippen LogP contribution in [0.25, 0.3) is 0 Å². The van der Waals surface area contributed by atoms with E-state index in [-0.39, 0.29) is 0 Å². The predicted molar refractivity (Wildman–Crippen MR) is 58.2 cm³/mol. The number of nitrogens with one attached hydrogen (secondary N) is 1. The molecule has 0 fully saturated rings. The minimum atomic E-state index is 0.431. The largest absolute Gasteiger partial charge is 0.305 e. The lowest BCUT2D eigenvalue weighted by molar-refractivity contribution is 0.610. The van der Waals surface area contributed by atoms with E-state index in [1.807, 2.05) is 25.8 Å². The Bertz CT molecular complexity index is 334. The van der Waals surface area contributed by atoms with Crippen molar-refractivity contribution >= 4 is 30.3 Å². The molecule has 1 N–H and O–H groups in total. The van der Waals surface area contributed by atoms with Crippen molar-refractivity contribution in [3.8, 4) is 6.07 Å². The van der Waals surface area contributed by atoms with Crippen LogP contribution in [0.3, 0.4) is 0 Å². The van der Waals surface area contributed by atoms with E-state index in [1.165, 1.54) is 12.1 Å². The van der Waals surface area contributed by atoms with E-state index in [1.54, 1.807) is 24.4 Å². The van der Waals surface area contributed by atoms with Crippen LogP contribution >= 0.6 is 24.1 Å². The summed E-state index contributed by atoms with van der Waals surface area (Å²) < 4.78 is 3.81. The standard InChI is InChI=1S/C7H7N5S2/c8-5-7-6-11(3-1-9-7)14-12-10-2-4-13-12/h1-2,4,6,10H,3H2. The first kappa shape index (κ1) is 9.45. The van der Waals surface area contributed by atoms with E-state index in [0.29, 0.717) is 12.2 Å². The molecule has 72 valence electrons. The third-order valence-corrected chi connectivity index (χ3v) is 3.19. The van der Waals surface area contributed by atoms with Crippen molar-refractivity contribution in [3.63, 3.8) is 0 Å². The number of nitriles is 1. The Hall–Kier alpha value is -1.10. The van der Waals surface area contributed by atoms with Gasteiger partial charge in [-0.05, 0) is 11.9 Å². The first-order chi connectivity index (χ1) is 6.88. The quantitative estimate of drug-likeness (QED) is 0.714. The zero-order valence-electron chi connectivity index (χ0n) is 7.12. The Kier molecular flexibility index (Phi) is 2.98. The van der Waals surface area contributed by atoms with Gasteiger partial charge in [-0.15, -0.1) is 0 Å². The smallest absolute Gasteiger partial charge is 0.156 e. The van der Waals surface area contributed by atoms with Gasteiger partial charge in [-0.25, -0.2) is 4.99 Å². The van der Waals surface area contributed by atoms with Crippen molar-refractivity contribution in [2.45, 2.75) is 0 Å². The van der Waals surface area contributed by atoms with Gasteiger partial charge in [-0.1, -0.05) is 3.82 Å². The molecular weight excluding hydrogens is 218 g/mol. The molecule has 5 nitrogen and oxygen atoms in total. The molecule has 7 heteroatoms. The highest BCUT2D eigenvalue weighted by Crippen LogP contribution is 2.27. The van der Waals surface area contributed by atoms with Gasteiger partial charge in [0, 0.05) is 24.0 Å². The molecule has 0 saturated heterocycles. The van der Waals surface area contributed by atoms with Gasteiger partial charge in [0.15, 0.2) is 5.70 Å². The van der Waals surface area contributed by atoms with E-state index < -0.39 is 0 Å². The molecule has 14 heavy (non-hydrogen) atoms. The average Bonchev–Trinajstić information content (AvgIpc) is 2.71. The van der Waals surface area contributed by atoms with Gasteiger partial charge < -0.3 is 5.43 Å². The van der Waals surface area contributed by atoms with E-state index >= 15 is 0 Å². The summed E-state index contributed by atoms with van der Waals surface area (Å²) in [7, 11) is 0. The maximum atomic E-state index is 8.65. The van der Waals surface area contributed by atoms with Crippen LogP contribution in [0.4, 0.5) is 0 Å². The highest BCUT2D eigenvalue weighted by atomic mass is 32.2. The van der Waals surface area contributed by atoms with Crippen molar-refractivity contribution in [1.82, 2.24) is 13.6 Å². The first-order valence-electron chi connectivity index (χ1n) is 3.86. The Morgan fingerprint density at radius 2 is 2.64 bits per heavy atom. The summed E-state index contributed by atoms with van der Waals surface area (Å²) in [6, 6.07) is 2.01. The van der Waals surface area contributed by atoms with Crippen LogP contribution in [0.15, 0.2) is 28.5 Å². The second-order valence-electron chi connectivity index (χ2n) is 2.41. The van der Waals surface area contributed by atoms with Gasteiger partial charge in [0.25, 0.3) is 0 Å². The van der Waals surface area contributed by atoms with Crippen LogP contribution in [0, 0.1) is 11.3 Å². The van der Waals surface area contributed by atoms with E-state index in [2.05, 4.69) is 10.4 Å². The van der Waals surface area contributed by atoms with Crippen molar-refractivity contribution in [2.24, 2.45) is 4.99 Å². The lowest BCUT2D eigenvalue weighted by Crippen LogP contribution is -2.24. The summed E-state index contributed by atoms with van der Waals surface area (Å²) in [4.78, 5) is 3.93. The van der Waals surface area contributed by atoms with Crippen LogP contribution in [-0.2, 0) is 0 Å². The van der Waals surface area contributed by atoms with Gasteiger partial charge in [-0.2, -0.15) is 5.26 Å². The Labute approximate surface area is 90.5 Å². The maximum Gasteiger partial charge on any atom is 0.156 e. The van der Waals surface area contributed by atoms with E-state index in [9.17, 15) is 0 Å². The fourth-order valence-corrected chi connectivity index (χ4v) is 2.39. The summed E-state index contributed by atoms with van der Waals surface area (Å²) in [6.07, 6.45) is 5.30. The molecule has 0 aromatic rings. The second-order valence-corrected chi connectivity index (χ2v) is 4.49. The van der Waals surface area contributed by atoms with Crippen molar-refractivity contribution < 1.29 is 0 Å².